The minimum atomic E-state index is -0.0544. The van der Waals surface area contributed by atoms with E-state index in [1.54, 1.807) is 0 Å². The molecule has 1 aromatic carbocycles. The molecular weight excluding hydrogens is 218 g/mol. The van der Waals surface area contributed by atoms with Gasteiger partial charge in [-0.1, -0.05) is 22.0 Å². The molecule has 0 saturated carbocycles. The third-order valence-corrected chi connectivity index (χ3v) is 2.20. The topological polar surface area (TPSA) is 35.2 Å². The van der Waals surface area contributed by atoms with Crippen LogP contribution < -0.4 is 5.90 Å². The first-order valence-electron chi connectivity index (χ1n) is 3.76. The summed E-state index contributed by atoms with van der Waals surface area (Å²) in [4.78, 5) is 4.73. The van der Waals surface area contributed by atoms with Crippen molar-refractivity contribution in [2.45, 2.75) is 20.0 Å². The molecule has 0 aliphatic heterocycles. The molecule has 0 spiro atoms. The van der Waals surface area contributed by atoms with E-state index in [-0.39, 0.29) is 6.10 Å². The first kappa shape index (κ1) is 9.71. The highest BCUT2D eigenvalue weighted by Gasteiger charge is 2.04. The van der Waals surface area contributed by atoms with E-state index in [4.69, 9.17) is 10.7 Å². The van der Waals surface area contributed by atoms with Crippen molar-refractivity contribution >= 4 is 15.9 Å². The van der Waals surface area contributed by atoms with E-state index in [0.717, 1.165) is 10.0 Å². The summed E-state index contributed by atoms with van der Waals surface area (Å²) >= 11 is 3.41. The minimum Gasteiger partial charge on any atom is -0.297 e. The van der Waals surface area contributed by atoms with Gasteiger partial charge in [0.1, 0.15) is 6.10 Å². The minimum absolute atomic E-state index is 0.0544. The summed E-state index contributed by atoms with van der Waals surface area (Å²) < 4.78 is 1.06. The molecule has 1 unspecified atom stereocenters. The molecule has 0 saturated heterocycles. The maximum absolute atomic E-state index is 5.09. The predicted octanol–water partition coefficient (Wildman–Crippen LogP) is 2.71. The maximum atomic E-state index is 5.09. The van der Waals surface area contributed by atoms with Crippen molar-refractivity contribution < 1.29 is 4.84 Å². The van der Waals surface area contributed by atoms with Crippen LogP contribution in [0.4, 0.5) is 0 Å². The zero-order valence-corrected chi connectivity index (χ0v) is 8.76. The fraction of sp³-hybridized carbons (Fsp3) is 0.333. The Morgan fingerprint density at radius 3 is 2.58 bits per heavy atom. The van der Waals surface area contributed by atoms with Gasteiger partial charge in [-0.3, -0.25) is 4.84 Å². The molecule has 1 aromatic rings. The molecule has 0 heterocycles. The Balaban J connectivity index is 3.00. The number of nitrogens with two attached hydrogens (primary N) is 1. The molecule has 2 N–H and O–H groups in total. The Kier molecular flexibility index (Phi) is 3.26. The fourth-order valence-electron chi connectivity index (χ4n) is 1.08. The monoisotopic (exact) mass is 229 g/mol. The van der Waals surface area contributed by atoms with Crippen LogP contribution in [0.3, 0.4) is 0 Å². The van der Waals surface area contributed by atoms with Crippen molar-refractivity contribution in [3.8, 4) is 0 Å². The second-order valence-electron chi connectivity index (χ2n) is 2.84. The van der Waals surface area contributed by atoms with Crippen molar-refractivity contribution in [1.82, 2.24) is 0 Å². The van der Waals surface area contributed by atoms with E-state index in [1.807, 2.05) is 26.0 Å². The first-order valence-corrected chi connectivity index (χ1v) is 4.55. The van der Waals surface area contributed by atoms with E-state index in [1.165, 1.54) is 5.56 Å². The van der Waals surface area contributed by atoms with E-state index < -0.39 is 0 Å². The zero-order valence-electron chi connectivity index (χ0n) is 7.17. The van der Waals surface area contributed by atoms with E-state index in [2.05, 4.69) is 22.0 Å². The quantitative estimate of drug-likeness (QED) is 0.792. The summed E-state index contributed by atoms with van der Waals surface area (Å²) in [6.45, 7) is 3.96. The molecule has 66 valence electrons. The highest BCUT2D eigenvalue weighted by Crippen LogP contribution is 2.21. The van der Waals surface area contributed by atoms with Gasteiger partial charge in [0.25, 0.3) is 0 Å². The van der Waals surface area contributed by atoms with E-state index in [0.29, 0.717) is 0 Å². The lowest BCUT2D eigenvalue weighted by atomic mass is 10.1. The molecule has 0 aromatic heterocycles. The van der Waals surface area contributed by atoms with Gasteiger partial charge in [-0.2, -0.15) is 0 Å². The highest BCUT2D eigenvalue weighted by molar-refractivity contribution is 9.10. The van der Waals surface area contributed by atoms with Gasteiger partial charge >= 0.3 is 0 Å². The Morgan fingerprint density at radius 1 is 1.42 bits per heavy atom. The zero-order chi connectivity index (χ0) is 9.14. The second kappa shape index (κ2) is 4.03. The molecular formula is C9H12BrNO. The summed E-state index contributed by atoms with van der Waals surface area (Å²) in [7, 11) is 0. The number of halogens is 1. The molecule has 0 bridgehead atoms. The molecule has 1 atom stereocenters. The Bertz CT molecular complexity index is 255. The van der Waals surface area contributed by atoms with Crippen molar-refractivity contribution in [2.24, 2.45) is 5.90 Å². The fourth-order valence-corrected chi connectivity index (χ4v) is 1.70. The second-order valence-corrected chi connectivity index (χ2v) is 3.76. The van der Waals surface area contributed by atoms with E-state index >= 15 is 0 Å². The molecule has 0 radical (unpaired) electrons. The predicted molar refractivity (Wildman–Crippen MR) is 52.6 cm³/mol. The average molecular weight is 230 g/mol. The average Bonchev–Trinajstić information content (AvgIpc) is 2.01. The van der Waals surface area contributed by atoms with Crippen LogP contribution in [0.25, 0.3) is 0 Å². The molecule has 0 fully saturated rings. The SMILES string of the molecule is Cc1cc(Br)cc(C(C)ON)c1. The van der Waals surface area contributed by atoms with Crippen molar-refractivity contribution in [2.75, 3.05) is 0 Å². The Labute approximate surface area is 80.8 Å². The number of benzene rings is 1. The number of aryl methyl sites for hydroxylation is 1. The van der Waals surface area contributed by atoms with Gasteiger partial charge in [0.2, 0.25) is 0 Å². The first-order chi connectivity index (χ1) is 5.63. The van der Waals surface area contributed by atoms with Gasteiger partial charge in [0, 0.05) is 4.47 Å². The number of hydrogen-bond acceptors (Lipinski definition) is 2. The lowest BCUT2D eigenvalue weighted by Crippen LogP contribution is -2.05. The number of rotatable bonds is 2. The summed E-state index contributed by atoms with van der Waals surface area (Å²) in [5.41, 5.74) is 2.28. The Hall–Kier alpha value is -0.380. The van der Waals surface area contributed by atoms with Crippen LogP contribution >= 0.6 is 15.9 Å². The van der Waals surface area contributed by atoms with E-state index in [9.17, 15) is 0 Å². The van der Waals surface area contributed by atoms with Gasteiger partial charge in [-0.25, -0.2) is 5.90 Å². The van der Waals surface area contributed by atoms with Crippen LogP contribution in [0.2, 0.25) is 0 Å². The van der Waals surface area contributed by atoms with Gasteiger partial charge in [0.15, 0.2) is 0 Å². The summed E-state index contributed by atoms with van der Waals surface area (Å²) in [5, 5.41) is 0. The lowest BCUT2D eigenvalue weighted by molar-refractivity contribution is 0.0663. The van der Waals surface area contributed by atoms with Crippen LogP contribution in [0.5, 0.6) is 0 Å². The normalized spacial score (nSPS) is 13.0. The molecule has 12 heavy (non-hydrogen) atoms. The van der Waals surface area contributed by atoms with Crippen LogP contribution in [0, 0.1) is 6.92 Å². The van der Waals surface area contributed by atoms with Crippen LogP contribution in [0.1, 0.15) is 24.2 Å². The summed E-state index contributed by atoms with van der Waals surface area (Å²) in [5.74, 6) is 5.09. The van der Waals surface area contributed by atoms with Crippen molar-refractivity contribution in [3.05, 3.63) is 33.8 Å². The standard InChI is InChI=1S/C9H12BrNO/c1-6-3-8(7(2)12-11)5-9(10)4-6/h3-5,7H,11H2,1-2H3. The Morgan fingerprint density at radius 2 is 2.08 bits per heavy atom. The molecule has 0 aliphatic rings. The lowest BCUT2D eigenvalue weighted by Gasteiger charge is -2.09. The van der Waals surface area contributed by atoms with Crippen molar-refractivity contribution in [1.29, 1.82) is 0 Å². The molecule has 2 nitrogen and oxygen atoms in total. The van der Waals surface area contributed by atoms with Crippen LogP contribution in [-0.2, 0) is 4.84 Å². The third kappa shape index (κ3) is 2.30. The smallest absolute Gasteiger partial charge is 0.101 e. The van der Waals surface area contributed by atoms with Gasteiger partial charge in [-0.05, 0) is 37.1 Å². The third-order valence-electron chi connectivity index (χ3n) is 1.74. The maximum Gasteiger partial charge on any atom is 0.101 e. The summed E-state index contributed by atoms with van der Waals surface area (Å²) in [6.07, 6.45) is -0.0544. The van der Waals surface area contributed by atoms with Gasteiger partial charge < -0.3 is 0 Å². The van der Waals surface area contributed by atoms with Crippen LogP contribution in [-0.4, -0.2) is 0 Å². The molecule has 1 rings (SSSR count). The molecule has 0 amide bonds. The van der Waals surface area contributed by atoms with Crippen LogP contribution in [0.15, 0.2) is 22.7 Å². The van der Waals surface area contributed by atoms with Crippen molar-refractivity contribution in [3.63, 3.8) is 0 Å². The summed E-state index contributed by atoms with van der Waals surface area (Å²) in [6, 6.07) is 6.11. The number of hydrogen-bond donors (Lipinski definition) is 1. The molecule has 0 aliphatic carbocycles. The molecule has 3 heteroatoms. The van der Waals surface area contributed by atoms with Gasteiger partial charge in [0.05, 0.1) is 0 Å². The largest absolute Gasteiger partial charge is 0.297 e. The van der Waals surface area contributed by atoms with Gasteiger partial charge in [-0.15, -0.1) is 0 Å². The highest BCUT2D eigenvalue weighted by atomic mass is 79.9.